The molecule has 0 saturated carbocycles. The lowest BCUT2D eigenvalue weighted by Crippen LogP contribution is -2.37. The average Bonchev–Trinajstić information content (AvgIpc) is 2.55. The van der Waals surface area contributed by atoms with Gasteiger partial charge in [-0.2, -0.15) is 0 Å². The van der Waals surface area contributed by atoms with Crippen LogP contribution in [0.3, 0.4) is 0 Å². The van der Waals surface area contributed by atoms with Gasteiger partial charge < -0.3 is 10.1 Å². The van der Waals surface area contributed by atoms with E-state index in [9.17, 15) is 22.0 Å². The number of sulfonamides is 1. The first-order valence-corrected chi connectivity index (χ1v) is 8.92. The third kappa shape index (κ3) is 4.90. The maximum absolute atomic E-state index is 13.4. The lowest BCUT2D eigenvalue weighted by atomic mass is 10.3. The Kier molecular flexibility index (Phi) is 5.58. The van der Waals surface area contributed by atoms with E-state index in [2.05, 4.69) is 5.32 Å². The van der Waals surface area contributed by atoms with Crippen LogP contribution in [0.25, 0.3) is 0 Å². The molecule has 0 heterocycles. The van der Waals surface area contributed by atoms with Crippen LogP contribution in [0.5, 0.6) is 5.75 Å². The number of benzene rings is 2. The molecule has 1 amide bonds. The van der Waals surface area contributed by atoms with E-state index in [1.54, 1.807) is 24.3 Å². The SMILES string of the molecule is COc1ccc(NC(=O)CN(c2ccc(F)c(F)c2)S(C)(=O)=O)cc1. The number of hydrogen-bond donors (Lipinski definition) is 1. The van der Waals surface area contributed by atoms with E-state index in [1.807, 2.05) is 0 Å². The van der Waals surface area contributed by atoms with E-state index in [1.165, 1.54) is 7.11 Å². The molecule has 2 aromatic rings. The second kappa shape index (κ2) is 7.47. The number of anilines is 2. The highest BCUT2D eigenvalue weighted by atomic mass is 32.2. The Hall–Kier alpha value is -2.68. The fourth-order valence-corrected chi connectivity index (χ4v) is 2.89. The van der Waals surface area contributed by atoms with Gasteiger partial charge in [-0.3, -0.25) is 9.10 Å². The number of carbonyl (C=O) groups excluding carboxylic acids is 1. The van der Waals surface area contributed by atoms with Crippen LogP contribution in [0.15, 0.2) is 42.5 Å². The Labute approximate surface area is 144 Å². The first kappa shape index (κ1) is 18.7. The fourth-order valence-electron chi connectivity index (χ4n) is 2.05. The van der Waals surface area contributed by atoms with Crippen LogP contribution < -0.4 is 14.4 Å². The van der Waals surface area contributed by atoms with Gasteiger partial charge in [-0.15, -0.1) is 0 Å². The Morgan fingerprint density at radius 1 is 1.12 bits per heavy atom. The molecule has 0 aliphatic rings. The normalized spacial score (nSPS) is 11.0. The topological polar surface area (TPSA) is 75.7 Å². The molecular formula is C16H16F2N2O4S. The summed E-state index contributed by atoms with van der Waals surface area (Å²) in [5.74, 6) is -2.36. The van der Waals surface area contributed by atoms with E-state index in [0.29, 0.717) is 15.7 Å². The molecule has 0 atom stereocenters. The lowest BCUT2D eigenvalue weighted by Gasteiger charge is -2.22. The van der Waals surface area contributed by atoms with Crippen LogP contribution >= 0.6 is 0 Å². The molecule has 0 fully saturated rings. The highest BCUT2D eigenvalue weighted by Gasteiger charge is 2.22. The predicted molar refractivity (Wildman–Crippen MR) is 90.2 cm³/mol. The summed E-state index contributed by atoms with van der Waals surface area (Å²) in [6.07, 6.45) is 0.870. The molecule has 0 bridgehead atoms. The third-order valence-corrected chi connectivity index (χ3v) is 4.39. The van der Waals surface area contributed by atoms with Gasteiger partial charge in [0.25, 0.3) is 0 Å². The predicted octanol–water partition coefficient (Wildman–Crippen LogP) is 2.38. The van der Waals surface area contributed by atoms with E-state index in [0.717, 1.165) is 24.5 Å². The number of rotatable bonds is 6. The van der Waals surface area contributed by atoms with Crippen molar-refractivity contribution in [3.63, 3.8) is 0 Å². The van der Waals surface area contributed by atoms with Gasteiger partial charge in [0.15, 0.2) is 11.6 Å². The number of methoxy groups -OCH3 is 1. The van der Waals surface area contributed by atoms with Crippen molar-refractivity contribution < 1.29 is 26.7 Å². The van der Waals surface area contributed by atoms with Gasteiger partial charge in [-0.1, -0.05) is 0 Å². The molecule has 0 aliphatic carbocycles. The van der Waals surface area contributed by atoms with Crippen molar-refractivity contribution in [2.75, 3.05) is 29.5 Å². The zero-order valence-electron chi connectivity index (χ0n) is 13.5. The van der Waals surface area contributed by atoms with Crippen molar-refractivity contribution in [2.24, 2.45) is 0 Å². The van der Waals surface area contributed by atoms with Crippen molar-refractivity contribution in [1.82, 2.24) is 0 Å². The molecule has 2 rings (SSSR count). The minimum atomic E-state index is -3.88. The molecule has 0 saturated heterocycles. The van der Waals surface area contributed by atoms with E-state index in [4.69, 9.17) is 4.74 Å². The lowest BCUT2D eigenvalue weighted by molar-refractivity contribution is -0.114. The Bertz CT molecular complexity index is 870. The largest absolute Gasteiger partial charge is 0.497 e. The fraction of sp³-hybridized carbons (Fsp3) is 0.188. The van der Waals surface area contributed by atoms with E-state index < -0.39 is 34.1 Å². The van der Waals surface area contributed by atoms with E-state index in [-0.39, 0.29) is 5.69 Å². The van der Waals surface area contributed by atoms with Crippen LogP contribution in [0.4, 0.5) is 20.2 Å². The Balaban J connectivity index is 2.18. The quantitative estimate of drug-likeness (QED) is 0.847. The number of nitrogens with one attached hydrogen (secondary N) is 1. The summed E-state index contributed by atoms with van der Waals surface area (Å²) in [5, 5.41) is 2.52. The average molecular weight is 370 g/mol. The third-order valence-electron chi connectivity index (χ3n) is 3.25. The van der Waals surface area contributed by atoms with Crippen LogP contribution in [-0.2, 0) is 14.8 Å². The molecule has 9 heteroatoms. The van der Waals surface area contributed by atoms with Crippen LogP contribution in [0.2, 0.25) is 0 Å². The highest BCUT2D eigenvalue weighted by Crippen LogP contribution is 2.21. The molecule has 0 unspecified atom stereocenters. The monoisotopic (exact) mass is 370 g/mol. The first-order valence-electron chi connectivity index (χ1n) is 7.07. The molecular weight excluding hydrogens is 354 g/mol. The maximum atomic E-state index is 13.4. The second-order valence-corrected chi connectivity index (χ2v) is 7.05. The summed E-state index contributed by atoms with van der Waals surface area (Å²) in [7, 11) is -2.38. The first-order chi connectivity index (χ1) is 11.7. The van der Waals surface area contributed by atoms with Crippen molar-refractivity contribution in [1.29, 1.82) is 0 Å². The van der Waals surface area contributed by atoms with Crippen molar-refractivity contribution in [3.05, 3.63) is 54.1 Å². The highest BCUT2D eigenvalue weighted by molar-refractivity contribution is 7.92. The standard InChI is InChI=1S/C16H16F2N2O4S/c1-24-13-6-3-11(4-7-13)19-16(21)10-20(25(2,22)23)12-5-8-14(17)15(18)9-12/h3-9H,10H2,1-2H3,(H,19,21). The summed E-state index contributed by atoms with van der Waals surface area (Å²) in [4.78, 5) is 12.1. The molecule has 2 aromatic carbocycles. The van der Waals surface area contributed by atoms with Crippen molar-refractivity contribution >= 4 is 27.3 Å². The van der Waals surface area contributed by atoms with E-state index >= 15 is 0 Å². The minimum absolute atomic E-state index is 0.147. The number of ether oxygens (including phenoxy) is 1. The van der Waals surface area contributed by atoms with Crippen molar-refractivity contribution in [3.8, 4) is 5.75 Å². The minimum Gasteiger partial charge on any atom is -0.497 e. The summed E-state index contributed by atoms with van der Waals surface area (Å²) in [5.41, 5.74) is 0.288. The summed E-state index contributed by atoms with van der Waals surface area (Å²) >= 11 is 0. The van der Waals surface area contributed by atoms with Gasteiger partial charge in [-0.25, -0.2) is 17.2 Å². The van der Waals surface area contributed by atoms with Crippen LogP contribution in [-0.4, -0.2) is 34.2 Å². The van der Waals surface area contributed by atoms with Gasteiger partial charge in [0.05, 0.1) is 19.1 Å². The Morgan fingerprint density at radius 3 is 2.28 bits per heavy atom. The van der Waals surface area contributed by atoms with Gasteiger partial charge >= 0.3 is 0 Å². The number of carbonyl (C=O) groups is 1. The summed E-state index contributed by atoms with van der Waals surface area (Å²) < 4.78 is 55.9. The molecule has 0 spiro atoms. The van der Waals surface area contributed by atoms with Crippen LogP contribution in [0.1, 0.15) is 0 Å². The number of hydrogen-bond acceptors (Lipinski definition) is 4. The zero-order chi connectivity index (χ0) is 18.6. The van der Waals surface area contributed by atoms with Crippen molar-refractivity contribution in [2.45, 2.75) is 0 Å². The number of amides is 1. The van der Waals surface area contributed by atoms with Gasteiger partial charge in [0.1, 0.15) is 12.3 Å². The number of nitrogens with zero attached hydrogens (tertiary/aromatic N) is 1. The second-order valence-electron chi connectivity index (χ2n) is 5.14. The van der Waals surface area contributed by atoms with Gasteiger partial charge in [-0.05, 0) is 36.4 Å². The Morgan fingerprint density at radius 2 is 1.76 bits per heavy atom. The molecule has 6 nitrogen and oxygen atoms in total. The van der Waals surface area contributed by atoms with Gasteiger partial charge in [0, 0.05) is 11.8 Å². The molecule has 0 radical (unpaired) electrons. The molecule has 0 aliphatic heterocycles. The molecule has 134 valence electrons. The van der Waals surface area contributed by atoms with Gasteiger partial charge in [0.2, 0.25) is 15.9 Å². The zero-order valence-corrected chi connectivity index (χ0v) is 14.3. The summed E-state index contributed by atoms with van der Waals surface area (Å²) in [6.45, 7) is -0.587. The molecule has 25 heavy (non-hydrogen) atoms. The van der Waals surface area contributed by atoms with Crippen LogP contribution in [0, 0.1) is 11.6 Å². The molecule has 1 N–H and O–H groups in total. The summed E-state index contributed by atoms with van der Waals surface area (Å²) in [6, 6.07) is 9.01. The number of halogens is 2. The molecule has 0 aromatic heterocycles. The maximum Gasteiger partial charge on any atom is 0.245 e. The smallest absolute Gasteiger partial charge is 0.245 e.